The van der Waals surface area contributed by atoms with Crippen LogP contribution in [0.2, 0.25) is 0 Å². The third-order valence-corrected chi connectivity index (χ3v) is 4.82. The summed E-state index contributed by atoms with van der Waals surface area (Å²) in [4.78, 5) is 27.9. The molecule has 2 amide bonds. The van der Waals surface area contributed by atoms with Crippen LogP contribution in [0.15, 0.2) is 24.3 Å². The molecule has 0 radical (unpaired) electrons. The molecule has 1 aromatic carbocycles. The largest absolute Gasteiger partial charge is 0.371 e. The number of nitrogens with zero attached hydrogens (tertiary/aromatic N) is 2. The average Bonchev–Trinajstić information content (AvgIpc) is 2.69. The van der Waals surface area contributed by atoms with E-state index in [9.17, 15) is 14.0 Å². The maximum Gasteiger partial charge on any atom is 0.248 e. The van der Waals surface area contributed by atoms with Crippen molar-refractivity contribution in [1.82, 2.24) is 9.80 Å². The van der Waals surface area contributed by atoms with Gasteiger partial charge in [0.25, 0.3) is 0 Å². The molecule has 0 N–H and O–H groups in total. The fourth-order valence-electron chi connectivity index (χ4n) is 3.34. The molecule has 0 unspecified atom stereocenters. The summed E-state index contributed by atoms with van der Waals surface area (Å²) in [5, 5.41) is 0. The molecule has 5 nitrogen and oxygen atoms in total. The van der Waals surface area contributed by atoms with Crippen LogP contribution in [-0.4, -0.2) is 61.0 Å². The lowest BCUT2D eigenvalue weighted by Crippen LogP contribution is -2.54. The predicted octanol–water partition coefficient (Wildman–Crippen LogP) is 1.07. The Balaban J connectivity index is 1.68. The van der Waals surface area contributed by atoms with Crippen molar-refractivity contribution in [3.63, 3.8) is 0 Å². The Morgan fingerprint density at radius 3 is 2.96 bits per heavy atom. The van der Waals surface area contributed by atoms with Crippen LogP contribution in [-0.2, 0) is 20.7 Å². The molecule has 2 saturated heterocycles. The van der Waals surface area contributed by atoms with E-state index >= 15 is 0 Å². The quantitative estimate of drug-likeness (QED) is 0.819. The van der Waals surface area contributed by atoms with Crippen molar-refractivity contribution in [2.75, 3.05) is 33.4 Å². The van der Waals surface area contributed by atoms with Gasteiger partial charge in [0.05, 0.1) is 19.1 Å². The molecule has 6 heteroatoms. The second-order valence-corrected chi connectivity index (χ2v) is 6.24. The summed E-state index contributed by atoms with van der Waals surface area (Å²) in [7, 11) is 1.76. The summed E-state index contributed by atoms with van der Waals surface area (Å²) in [6.07, 6.45) is 0.851. The first-order valence-electron chi connectivity index (χ1n) is 7.91. The van der Waals surface area contributed by atoms with Gasteiger partial charge in [0.2, 0.25) is 11.8 Å². The molecule has 2 aliphatic heterocycles. The Bertz CT molecular complexity index is 607. The van der Waals surface area contributed by atoms with Crippen LogP contribution in [0.5, 0.6) is 0 Å². The van der Waals surface area contributed by atoms with Crippen LogP contribution >= 0.6 is 0 Å². The molecule has 2 fully saturated rings. The van der Waals surface area contributed by atoms with E-state index < -0.39 is 0 Å². The molecule has 0 spiro atoms. The van der Waals surface area contributed by atoms with Crippen LogP contribution in [0.3, 0.4) is 0 Å². The van der Waals surface area contributed by atoms with Crippen molar-refractivity contribution in [3.05, 3.63) is 35.6 Å². The number of fused-ring (bicyclic) bond motifs is 1. The summed E-state index contributed by atoms with van der Waals surface area (Å²) in [5.41, 5.74) is 0.410. The number of benzene rings is 1. The predicted molar refractivity (Wildman–Crippen MR) is 82.2 cm³/mol. The van der Waals surface area contributed by atoms with E-state index in [1.807, 2.05) is 0 Å². The van der Waals surface area contributed by atoms with E-state index in [0.717, 1.165) is 6.42 Å². The van der Waals surface area contributed by atoms with Crippen molar-refractivity contribution < 1.29 is 18.7 Å². The number of hydrogen-bond donors (Lipinski definition) is 0. The summed E-state index contributed by atoms with van der Waals surface area (Å²) in [6.45, 7) is 1.77. The molecule has 0 saturated carbocycles. The van der Waals surface area contributed by atoms with Crippen LogP contribution in [0.4, 0.5) is 4.39 Å². The Labute approximate surface area is 135 Å². The second-order valence-electron chi connectivity index (χ2n) is 6.24. The van der Waals surface area contributed by atoms with E-state index in [-0.39, 0.29) is 42.6 Å². The zero-order chi connectivity index (χ0) is 16.4. The third-order valence-electron chi connectivity index (χ3n) is 4.82. The van der Waals surface area contributed by atoms with E-state index in [0.29, 0.717) is 25.3 Å². The van der Waals surface area contributed by atoms with Gasteiger partial charge in [-0.15, -0.1) is 0 Å². The highest BCUT2D eigenvalue weighted by Crippen LogP contribution is 2.25. The lowest BCUT2D eigenvalue weighted by atomic mass is 9.91. The molecule has 2 heterocycles. The molecular weight excluding hydrogens is 299 g/mol. The third kappa shape index (κ3) is 3.37. The molecule has 1 aromatic rings. The van der Waals surface area contributed by atoms with Crippen LogP contribution in [0, 0.1) is 11.7 Å². The molecule has 2 atom stereocenters. The van der Waals surface area contributed by atoms with Gasteiger partial charge in [-0.05, 0) is 18.1 Å². The minimum Gasteiger partial charge on any atom is -0.371 e. The van der Waals surface area contributed by atoms with Gasteiger partial charge < -0.3 is 14.5 Å². The second kappa shape index (κ2) is 6.66. The van der Waals surface area contributed by atoms with Crippen molar-refractivity contribution in [2.24, 2.45) is 5.92 Å². The van der Waals surface area contributed by atoms with E-state index in [2.05, 4.69) is 0 Å². The molecule has 0 bridgehead atoms. The first-order valence-corrected chi connectivity index (χ1v) is 7.91. The molecule has 0 aliphatic carbocycles. The van der Waals surface area contributed by atoms with E-state index in [1.54, 1.807) is 35.0 Å². The smallest absolute Gasteiger partial charge is 0.248 e. The number of hydrogen-bond acceptors (Lipinski definition) is 3. The zero-order valence-electron chi connectivity index (χ0n) is 13.2. The standard InChI is InChI=1S/C17H21FN2O3/c1-19-15-9-20(7-6-13(15)10-23-11-17(19)22)16(21)8-12-4-2-3-5-14(12)18/h2-5,13,15H,6-11H2,1H3/t13-,15-/m0/s1. The minimum absolute atomic E-state index is 0.0247. The summed E-state index contributed by atoms with van der Waals surface area (Å²) in [5.74, 6) is -0.254. The molecule has 124 valence electrons. The monoisotopic (exact) mass is 320 g/mol. The van der Waals surface area contributed by atoms with Gasteiger partial charge in [0.1, 0.15) is 12.4 Å². The summed E-state index contributed by atoms with van der Waals surface area (Å²) >= 11 is 0. The Morgan fingerprint density at radius 2 is 2.17 bits per heavy atom. The lowest BCUT2D eigenvalue weighted by Gasteiger charge is -2.41. The Kier molecular flexibility index (Phi) is 4.61. The van der Waals surface area contributed by atoms with Gasteiger partial charge in [0, 0.05) is 26.1 Å². The van der Waals surface area contributed by atoms with Gasteiger partial charge in [0.15, 0.2) is 0 Å². The van der Waals surface area contributed by atoms with E-state index in [1.165, 1.54) is 6.07 Å². The number of likely N-dealkylation sites (tertiary alicyclic amines) is 1. The van der Waals surface area contributed by atoms with Crippen molar-refractivity contribution in [2.45, 2.75) is 18.9 Å². The first kappa shape index (κ1) is 15.9. The van der Waals surface area contributed by atoms with Crippen LogP contribution in [0.1, 0.15) is 12.0 Å². The van der Waals surface area contributed by atoms with Crippen molar-refractivity contribution in [1.29, 1.82) is 0 Å². The highest BCUT2D eigenvalue weighted by Gasteiger charge is 2.37. The maximum absolute atomic E-state index is 13.7. The van der Waals surface area contributed by atoms with Gasteiger partial charge in [-0.2, -0.15) is 0 Å². The minimum atomic E-state index is -0.356. The molecule has 3 rings (SSSR count). The number of carbonyl (C=O) groups excluding carboxylic acids is 2. The Morgan fingerprint density at radius 1 is 1.39 bits per heavy atom. The number of carbonyl (C=O) groups is 2. The topological polar surface area (TPSA) is 49.9 Å². The van der Waals surface area contributed by atoms with Crippen molar-refractivity contribution in [3.8, 4) is 0 Å². The highest BCUT2D eigenvalue weighted by molar-refractivity contribution is 5.80. The Hall–Kier alpha value is -1.95. The van der Waals surface area contributed by atoms with Gasteiger partial charge in [-0.25, -0.2) is 4.39 Å². The molecule has 0 aromatic heterocycles. The fraction of sp³-hybridized carbons (Fsp3) is 0.529. The number of amides is 2. The van der Waals surface area contributed by atoms with Crippen LogP contribution in [0.25, 0.3) is 0 Å². The molecule has 2 aliphatic rings. The fourth-order valence-corrected chi connectivity index (χ4v) is 3.34. The summed E-state index contributed by atoms with van der Waals surface area (Å²) < 4.78 is 19.1. The molecule has 23 heavy (non-hydrogen) atoms. The van der Waals surface area contributed by atoms with Gasteiger partial charge >= 0.3 is 0 Å². The van der Waals surface area contributed by atoms with Gasteiger partial charge in [-0.1, -0.05) is 18.2 Å². The maximum atomic E-state index is 13.7. The number of halogens is 1. The normalized spacial score (nSPS) is 25.0. The SMILES string of the molecule is CN1C(=O)COC[C@@H]2CCN(C(=O)Cc3ccccc3F)C[C@@H]21. The number of ether oxygens (including phenoxy) is 1. The number of likely N-dealkylation sites (N-methyl/N-ethyl adjacent to an activating group) is 1. The zero-order valence-corrected chi connectivity index (χ0v) is 13.2. The van der Waals surface area contributed by atoms with E-state index in [4.69, 9.17) is 4.74 Å². The average molecular weight is 320 g/mol. The van der Waals surface area contributed by atoms with Gasteiger partial charge in [-0.3, -0.25) is 9.59 Å². The molecular formula is C17H21FN2O3. The van der Waals surface area contributed by atoms with Crippen LogP contribution < -0.4 is 0 Å². The van der Waals surface area contributed by atoms with Crippen molar-refractivity contribution >= 4 is 11.8 Å². The number of rotatable bonds is 2. The highest BCUT2D eigenvalue weighted by atomic mass is 19.1. The summed E-state index contributed by atoms with van der Waals surface area (Å²) in [6, 6.07) is 6.32. The lowest BCUT2D eigenvalue weighted by molar-refractivity contribution is -0.139. The first-order chi connectivity index (χ1) is 11.1. The number of piperidine rings is 1.